The minimum absolute atomic E-state index is 0.0503. The molecule has 0 spiro atoms. The average molecular weight is 304 g/mol. The van der Waals surface area contributed by atoms with E-state index in [0.29, 0.717) is 18.9 Å². The van der Waals surface area contributed by atoms with Gasteiger partial charge < -0.3 is 16.0 Å². The summed E-state index contributed by atoms with van der Waals surface area (Å²) in [7, 11) is 1.73. The molecule has 0 saturated carbocycles. The van der Waals surface area contributed by atoms with Crippen LogP contribution in [0, 0.1) is 0 Å². The second-order valence-electron chi connectivity index (χ2n) is 5.45. The number of nitrogens with one attached hydrogen (secondary N) is 3. The summed E-state index contributed by atoms with van der Waals surface area (Å²) in [5, 5.41) is 9.31. The van der Waals surface area contributed by atoms with Crippen molar-refractivity contribution in [3.8, 4) is 0 Å². The Morgan fingerprint density at radius 2 is 1.86 bits per heavy atom. The molecule has 0 aliphatic heterocycles. The SMILES string of the molecule is CCc1ccccc1CNC(=NC)NCCC(=O)NC(C)C. The summed E-state index contributed by atoms with van der Waals surface area (Å²) >= 11 is 0. The molecule has 1 amide bonds. The number of carbonyl (C=O) groups excluding carboxylic acids is 1. The molecule has 3 N–H and O–H groups in total. The van der Waals surface area contributed by atoms with E-state index in [1.54, 1.807) is 7.05 Å². The largest absolute Gasteiger partial charge is 0.356 e. The number of nitrogens with zero attached hydrogens (tertiary/aromatic N) is 1. The van der Waals surface area contributed by atoms with Gasteiger partial charge in [0.1, 0.15) is 0 Å². The van der Waals surface area contributed by atoms with Crippen LogP contribution in [0.15, 0.2) is 29.3 Å². The maximum atomic E-state index is 11.6. The van der Waals surface area contributed by atoms with E-state index in [1.165, 1.54) is 11.1 Å². The normalized spacial score (nSPS) is 11.4. The third-order valence-corrected chi connectivity index (χ3v) is 3.26. The zero-order valence-electron chi connectivity index (χ0n) is 14.1. The predicted octanol–water partition coefficient (Wildman–Crippen LogP) is 1.83. The first kappa shape index (κ1) is 18.0. The number of aryl methyl sites for hydroxylation is 1. The van der Waals surface area contributed by atoms with Crippen molar-refractivity contribution in [1.82, 2.24) is 16.0 Å². The molecule has 0 unspecified atom stereocenters. The zero-order valence-corrected chi connectivity index (χ0v) is 14.1. The summed E-state index contributed by atoms with van der Waals surface area (Å²) in [6, 6.07) is 8.54. The second kappa shape index (κ2) is 9.82. The van der Waals surface area contributed by atoms with Gasteiger partial charge in [-0.1, -0.05) is 31.2 Å². The maximum Gasteiger partial charge on any atom is 0.221 e. The van der Waals surface area contributed by atoms with Crippen LogP contribution in [0.25, 0.3) is 0 Å². The van der Waals surface area contributed by atoms with E-state index in [1.807, 2.05) is 19.9 Å². The molecule has 1 rings (SSSR count). The lowest BCUT2D eigenvalue weighted by Crippen LogP contribution is -2.39. The molecule has 22 heavy (non-hydrogen) atoms. The molecule has 0 heterocycles. The Balaban J connectivity index is 2.38. The Morgan fingerprint density at radius 1 is 1.18 bits per heavy atom. The average Bonchev–Trinajstić information content (AvgIpc) is 2.50. The van der Waals surface area contributed by atoms with Crippen molar-refractivity contribution in [2.75, 3.05) is 13.6 Å². The van der Waals surface area contributed by atoms with Gasteiger partial charge >= 0.3 is 0 Å². The molecule has 0 bridgehead atoms. The number of carbonyl (C=O) groups is 1. The highest BCUT2D eigenvalue weighted by Crippen LogP contribution is 2.08. The van der Waals surface area contributed by atoms with Gasteiger partial charge in [-0.2, -0.15) is 0 Å². The summed E-state index contributed by atoms with van der Waals surface area (Å²) in [5.41, 5.74) is 2.60. The third-order valence-electron chi connectivity index (χ3n) is 3.26. The number of aliphatic imine (C=N–C) groups is 1. The molecular weight excluding hydrogens is 276 g/mol. The van der Waals surface area contributed by atoms with Crippen LogP contribution in [0.5, 0.6) is 0 Å². The number of hydrogen-bond donors (Lipinski definition) is 3. The summed E-state index contributed by atoms with van der Waals surface area (Å²) in [4.78, 5) is 15.8. The number of benzene rings is 1. The standard InChI is InChI=1S/C17H28N4O/c1-5-14-8-6-7-9-15(14)12-20-17(18-4)19-11-10-16(22)21-13(2)3/h6-9,13H,5,10-12H2,1-4H3,(H,21,22)(H2,18,19,20). The summed E-state index contributed by atoms with van der Waals surface area (Å²) in [6.07, 6.45) is 1.45. The Morgan fingerprint density at radius 3 is 2.45 bits per heavy atom. The molecule has 0 fully saturated rings. The Hall–Kier alpha value is -2.04. The van der Waals surface area contributed by atoms with Crippen molar-refractivity contribution in [2.24, 2.45) is 4.99 Å². The number of hydrogen-bond acceptors (Lipinski definition) is 2. The third kappa shape index (κ3) is 6.61. The van der Waals surface area contributed by atoms with Crippen LogP contribution in [0.4, 0.5) is 0 Å². The van der Waals surface area contributed by atoms with Crippen molar-refractivity contribution >= 4 is 11.9 Å². The van der Waals surface area contributed by atoms with Crippen LogP contribution < -0.4 is 16.0 Å². The van der Waals surface area contributed by atoms with Crippen molar-refractivity contribution in [3.05, 3.63) is 35.4 Å². The van der Waals surface area contributed by atoms with E-state index in [9.17, 15) is 4.79 Å². The molecule has 1 aromatic carbocycles. The highest BCUT2D eigenvalue weighted by Gasteiger charge is 2.05. The fourth-order valence-corrected chi connectivity index (χ4v) is 2.16. The first-order valence-electron chi connectivity index (χ1n) is 7.87. The monoisotopic (exact) mass is 304 g/mol. The molecule has 1 aromatic rings. The van der Waals surface area contributed by atoms with Gasteiger partial charge in [-0.25, -0.2) is 0 Å². The quantitative estimate of drug-likeness (QED) is 0.532. The molecule has 0 atom stereocenters. The number of guanidine groups is 1. The summed E-state index contributed by atoms with van der Waals surface area (Å²) < 4.78 is 0. The Bertz CT molecular complexity index is 497. The van der Waals surface area contributed by atoms with Crippen molar-refractivity contribution in [2.45, 2.75) is 46.2 Å². The van der Waals surface area contributed by atoms with Crippen LogP contribution in [-0.4, -0.2) is 31.5 Å². The first-order valence-corrected chi connectivity index (χ1v) is 7.87. The van der Waals surface area contributed by atoms with E-state index in [-0.39, 0.29) is 11.9 Å². The minimum Gasteiger partial charge on any atom is -0.356 e. The molecule has 0 saturated heterocycles. The molecule has 0 radical (unpaired) electrons. The second-order valence-corrected chi connectivity index (χ2v) is 5.45. The van der Waals surface area contributed by atoms with Gasteiger partial charge in [0.25, 0.3) is 0 Å². The molecule has 5 nitrogen and oxygen atoms in total. The van der Waals surface area contributed by atoms with Crippen LogP contribution in [-0.2, 0) is 17.8 Å². The Labute approximate surface area is 133 Å². The lowest BCUT2D eigenvalue weighted by molar-refractivity contribution is -0.121. The lowest BCUT2D eigenvalue weighted by atomic mass is 10.1. The van der Waals surface area contributed by atoms with E-state index in [0.717, 1.165) is 13.0 Å². The number of rotatable bonds is 7. The molecule has 0 aliphatic rings. The minimum atomic E-state index is 0.0503. The zero-order chi connectivity index (χ0) is 16.4. The van der Waals surface area contributed by atoms with Crippen LogP contribution in [0.3, 0.4) is 0 Å². The summed E-state index contributed by atoms with van der Waals surface area (Å²) in [5.74, 6) is 0.762. The highest BCUT2D eigenvalue weighted by molar-refractivity contribution is 5.81. The molecule has 0 aromatic heterocycles. The van der Waals surface area contributed by atoms with Gasteiger partial charge in [-0.05, 0) is 31.4 Å². The molecule has 0 aliphatic carbocycles. The van der Waals surface area contributed by atoms with Gasteiger partial charge in [0.05, 0.1) is 0 Å². The van der Waals surface area contributed by atoms with E-state index < -0.39 is 0 Å². The van der Waals surface area contributed by atoms with Crippen LogP contribution in [0.2, 0.25) is 0 Å². The van der Waals surface area contributed by atoms with E-state index >= 15 is 0 Å². The van der Waals surface area contributed by atoms with Gasteiger partial charge in [0.2, 0.25) is 5.91 Å². The molecular formula is C17H28N4O. The lowest BCUT2D eigenvalue weighted by Gasteiger charge is -2.14. The van der Waals surface area contributed by atoms with E-state index in [4.69, 9.17) is 0 Å². The fourth-order valence-electron chi connectivity index (χ4n) is 2.16. The van der Waals surface area contributed by atoms with Gasteiger partial charge in [0.15, 0.2) is 5.96 Å². The van der Waals surface area contributed by atoms with Gasteiger partial charge in [-0.15, -0.1) is 0 Å². The van der Waals surface area contributed by atoms with Crippen molar-refractivity contribution in [1.29, 1.82) is 0 Å². The van der Waals surface area contributed by atoms with Crippen LogP contribution in [0.1, 0.15) is 38.3 Å². The van der Waals surface area contributed by atoms with E-state index in [2.05, 4.69) is 46.1 Å². The van der Waals surface area contributed by atoms with Crippen molar-refractivity contribution < 1.29 is 4.79 Å². The van der Waals surface area contributed by atoms with Gasteiger partial charge in [0, 0.05) is 32.6 Å². The summed E-state index contributed by atoms with van der Waals surface area (Å²) in [6.45, 7) is 7.35. The first-order chi connectivity index (χ1) is 10.6. The van der Waals surface area contributed by atoms with Crippen LogP contribution >= 0.6 is 0 Å². The maximum absolute atomic E-state index is 11.6. The molecule has 5 heteroatoms. The topological polar surface area (TPSA) is 65.5 Å². The Kier molecular flexibility index (Phi) is 8.04. The number of amides is 1. The fraction of sp³-hybridized carbons (Fsp3) is 0.529. The predicted molar refractivity (Wildman–Crippen MR) is 91.9 cm³/mol. The molecule has 122 valence electrons. The van der Waals surface area contributed by atoms with Gasteiger partial charge in [-0.3, -0.25) is 9.79 Å². The smallest absolute Gasteiger partial charge is 0.221 e. The highest BCUT2D eigenvalue weighted by atomic mass is 16.1. The van der Waals surface area contributed by atoms with Crippen molar-refractivity contribution in [3.63, 3.8) is 0 Å².